The zero-order chi connectivity index (χ0) is 13.8. The number of hydrogen-bond donors (Lipinski definition) is 2. The molecule has 6 heteroatoms. The summed E-state index contributed by atoms with van der Waals surface area (Å²) in [5, 5.41) is 10.5. The maximum absolute atomic E-state index is 12.2. The molecular weight excluding hydrogens is 260 g/mol. The van der Waals surface area contributed by atoms with Gasteiger partial charge < -0.3 is 5.32 Å². The van der Waals surface area contributed by atoms with Crippen LogP contribution in [0.3, 0.4) is 0 Å². The second-order valence-corrected chi connectivity index (χ2v) is 6.65. The number of nitrogens with zero attached hydrogens (tertiary/aromatic N) is 2. The van der Waals surface area contributed by atoms with Gasteiger partial charge in [-0.05, 0) is 32.6 Å². The van der Waals surface area contributed by atoms with Crippen LogP contribution in [0.25, 0.3) is 0 Å². The molecule has 0 aliphatic heterocycles. The molecule has 1 aliphatic carbocycles. The Bertz CT molecular complexity index is 434. The van der Waals surface area contributed by atoms with Crippen LogP contribution < -0.4 is 5.32 Å². The lowest BCUT2D eigenvalue weighted by Crippen LogP contribution is -2.44. The number of amides is 1. The molecule has 1 aromatic heterocycles. The van der Waals surface area contributed by atoms with E-state index in [1.54, 1.807) is 0 Å². The van der Waals surface area contributed by atoms with Crippen LogP contribution >= 0.6 is 11.8 Å². The van der Waals surface area contributed by atoms with E-state index in [0.29, 0.717) is 17.1 Å². The Morgan fingerprint density at radius 3 is 2.84 bits per heavy atom. The molecule has 1 aromatic rings. The Morgan fingerprint density at radius 2 is 2.21 bits per heavy atom. The lowest BCUT2D eigenvalue weighted by atomic mass is 9.86. The zero-order valence-corrected chi connectivity index (χ0v) is 12.6. The van der Waals surface area contributed by atoms with Crippen molar-refractivity contribution in [1.82, 2.24) is 20.5 Å². The van der Waals surface area contributed by atoms with Crippen molar-refractivity contribution in [3.05, 3.63) is 5.82 Å². The van der Waals surface area contributed by atoms with Crippen LogP contribution in [0.1, 0.15) is 45.4 Å². The van der Waals surface area contributed by atoms with Gasteiger partial charge in [0.05, 0.1) is 5.25 Å². The third-order valence-corrected chi connectivity index (χ3v) is 4.63. The minimum absolute atomic E-state index is 0.0891. The average Bonchev–Trinajstić information content (AvgIpc) is 2.77. The zero-order valence-electron chi connectivity index (χ0n) is 11.8. The molecule has 2 N–H and O–H groups in total. The minimum atomic E-state index is -0.163. The fourth-order valence-corrected chi connectivity index (χ4v) is 3.20. The van der Waals surface area contributed by atoms with Gasteiger partial charge in [0.1, 0.15) is 5.82 Å². The van der Waals surface area contributed by atoms with Crippen molar-refractivity contribution >= 4 is 17.7 Å². The Balaban J connectivity index is 1.85. The Morgan fingerprint density at radius 1 is 1.47 bits per heavy atom. The summed E-state index contributed by atoms with van der Waals surface area (Å²) in [6.45, 7) is 5.98. The van der Waals surface area contributed by atoms with Crippen molar-refractivity contribution in [2.45, 2.75) is 62.9 Å². The molecule has 1 fully saturated rings. The van der Waals surface area contributed by atoms with Gasteiger partial charge in [0.15, 0.2) is 0 Å². The standard InChI is InChI=1S/C13H22N4OS/c1-8-6-4-5-7-11(8)15-12(18)9(2)19-13-14-10(3)16-17-13/h8-9,11H,4-7H2,1-3H3,(H,15,18)(H,14,16,17). The molecule has 1 amide bonds. The molecule has 2 rings (SSSR count). The van der Waals surface area contributed by atoms with E-state index < -0.39 is 0 Å². The second kappa shape index (κ2) is 6.41. The quantitative estimate of drug-likeness (QED) is 0.831. The van der Waals surface area contributed by atoms with E-state index >= 15 is 0 Å². The highest BCUT2D eigenvalue weighted by atomic mass is 32.2. The van der Waals surface area contributed by atoms with E-state index in [1.807, 2.05) is 13.8 Å². The normalized spacial score (nSPS) is 25.0. The summed E-state index contributed by atoms with van der Waals surface area (Å²) in [6.07, 6.45) is 4.82. The van der Waals surface area contributed by atoms with Crippen LogP contribution in [0.2, 0.25) is 0 Å². The molecule has 1 heterocycles. The summed E-state index contributed by atoms with van der Waals surface area (Å²) in [5.41, 5.74) is 0. The SMILES string of the molecule is Cc1nc(SC(C)C(=O)NC2CCCCC2C)n[nH]1. The van der Waals surface area contributed by atoms with Gasteiger partial charge in [0.2, 0.25) is 11.1 Å². The van der Waals surface area contributed by atoms with Crippen molar-refractivity contribution in [2.24, 2.45) is 5.92 Å². The second-order valence-electron chi connectivity index (χ2n) is 5.34. The van der Waals surface area contributed by atoms with Crippen LogP contribution in [0.5, 0.6) is 0 Å². The van der Waals surface area contributed by atoms with E-state index in [1.165, 1.54) is 31.0 Å². The summed E-state index contributed by atoms with van der Waals surface area (Å²) in [5.74, 6) is 1.45. The molecule has 3 unspecified atom stereocenters. The van der Waals surface area contributed by atoms with Crippen LogP contribution in [-0.2, 0) is 4.79 Å². The van der Waals surface area contributed by atoms with Gasteiger partial charge >= 0.3 is 0 Å². The molecule has 0 spiro atoms. The number of aromatic amines is 1. The van der Waals surface area contributed by atoms with Gasteiger partial charge in [0, 0.05) is 6.04 Å². The lowest BCUT2D eigenvalue weighted by molar-refractivity contribution is -0.121. The molecule has 1 saturated carbocycles. The van der Waals surface area contributed by atoms with Gasteiger partial charge in [0.25, 0.3) is 0 Å². The first kappa shape index (κ1) is 14.4. The monoisotopic (exact) mass is 282 g/mol. The highest BCUT2D eigenvalue weighted by Gasteiger charge is 2.25. The first-order valence-electron chi connectivity index (χ1n) is 6.92. The smallest absolute Gasteiger partial charge is 0.233 e. The highest BCUT2D eigenvalue weighted by Crippen LogP contribution is 2.25. The maximum atomic E-state index is 12.2. The van der Waals surface area contributed by atoms with Crippen LogP contribution in [0.4, 0.5) is 0 Å². The summed E-state index contributed by atoms with van der Waals surface area (Å²) in [6, 6.07) is 0.332. The van der Waals surface area contributed by atoms with Crippen LogP contribution in [-0.4, -0.2) is 32.4 Å². The third-order valence-electron chi connectivity index (χ3n) is 3.67. The number of carbonyl (C=O) groups excluding carboxylic acids is 1. The largest absolute Gasteiger partial charge is 0.352 e. The molecular formula is C13H22N4OS. The van der Waals surface area contributed by atoms with Crippen molar-refractivity contribution in [2.75, 3.05) is 0 Å². The molecule has 106 valence electrons. The number of aryl methyl sites for hydroxylation is 1. The summed E-state index contributed by atoms with van der Waals surface area (Å²) in [4.78, 5) is 16.4. The van der Waals surface area contributed by atoms with Gasteiger partial charge in [-0.15, -0.1) is 5.10 Å². The van der Waals surface area contributed by atoms with E-state index in [9.17, 15) is 4.79 Å². The summed E-state index contributed by atoms with van der Waals surface area (Å²) >= 11 is 1.40. The van der Waals surface area contributed by atoms with Gasteiger partial charge in [-0.3, -0.25) is 9.89 Å². The Labute approximate surface area is 118 Å². The Kier molecular flexibility index (Phi) is 4.85. The number of nitrogens with one attached hydrogen (secondary N) is 2. The van der Waals surface area contributed by atoms with Crippen molar-refractivity contribution in [3.63, 3.8) is 0 Å². The van der Waals surface area contributed by atoms with Gasteiger partial charge in [-0.2, -0.15) is 0 Å². The average molecular weight is 282 g/mol. The summed E-state index contributed by atoms with van der Waals surface area (Å²) < 4.78 is 0. The fourth-order valence-electron chi connectivity index (χ4n) is 2.42. The number of aromatic nitrogens is 3. The van der Waals surface area contributed by atoms with E-state index in [2.05, 4.69) is 27.4 Å². The maximum Gasteiger partial charge on any atom is 0.233 e. The van der Waals surface area contributed by atoms with E-state index in [4.69, 9.17) is 0 Å². The molecule has 19 heavy (non-hydrogen) atoms. The van der Waals surface area contributed by atoms with Gasteiger partial charge in [-0.1, -0.05) is 31.5 Å². The van der Waals surface area contributed by atoms with Crippen LogP contribution in [0, 0.1) is 12.8 Å². The topological polar surface area (TPSA) is 70.7 Å². The molecule has 0 saturated heterocycles. The highest BCUT2D eigenvalue weighted by molar-refractivity contribution is 8.00. The van der Waals surface area contributed by atoms with Crippen molar-refractivity contribution < 1.29 is 4.79 Å². The lowest BCUT2D eigenvalue weighted by Gasteiger charge is -2.30. The molecule has 5 nitrogen and oxygen atoms in total. The number of carbonyl (C=O) groups is 1. The number of H-pyrrole nitrogens is 1. The molecule has 1 aliphatic rings. The Hall–Kier alpha value is -1.04. The number of rotatable bonds is 4. The number of hydrogen-bond acceptors (Lipinski definition) is 4. The number of thioether (sulfide) groups is 1. The van der Waals surface area contributed by atoms with E-state index in [-0.39, 0.29) is 11.2 Å². The van der Waals surface area contributed by atoms with Crippen LogP contribution in [0.15, 0.2) is 5.16 Å². The third kappa shape index (κ3) is 3.96. The first-order valence-corrected chi connectivity index (χ1v) is 7.80. The molecule has 0 aromatic carbocycles. The first-order chi connectivity index (χ1) is 9.06. The van der Waals surface area contributed by atoms with Gasteiger partial charge in [-0.25, -0.2) is 4.98 Å². The summed E-state index contributed by atoms with van der Waals surface area (Å²) in [7, 11) is 0. The van der Waals surface area contributed by atoms with E-state index in [0.717, 1.165) is 12.2 Å². The predicted octanol–water partition coefficient (Wildman–Crippen LogP) is 2.29. The molecule has 0 radical (unpaired) electrons. The fraction of sp³-hybridized carbons (Fsp3) is 0.769. The molecule has 3 atom stereocenters. The predicted molar refractivity (Wildman–Crippen MR) is 76.0 cm³/mol. The van der Waals surface area contributed by atoms with Crippen molar-refractivity contribution in [1.29, 1.82) is 0 Å². The van der Waals surface area contributed by atoms with Crippen molar-refractivity contribution in [3.8, 4) is 0 Å². The minimum Gasteiger partial charge on any atom is -0.352 e. The molecule has 0 bridgehead atoms.